The first-order valence-electron chi connectivity index (χ1n) is 5.18. The normalized spacial score (nSPS) is 17.5. The van der Waals surface area contributed by atoms with Gasteiger partial charge in [0.05, 0.1) is 5.69 Å². The zero-order chi connectivity index (χ0) is 11.6. The average molecular weight is 211 g/mol. The Morgan fingerprint density at radius 2 is 2.00 bits per heavy atom. The van der Waals surface area contributed by atoms with Gasteiger partial charge >= 0.3 is 0 Å². The van der Waals surface area contributed by atoms with Crippen molar-refractivity contribution in [3.05, 3.63) is 29.6 Å². The maximum atomic E-state index is 13.2. The third kappa shape index (κ3) is 2.53. The van der Waals surface area contributed by atoms with Gasteiger partial charge in [-0.3, -0.25) is 4.98 Å². The summed E-state index contributed by atoms with van der Waals surface area (Å²) in [6.45, 7) is 6.88. The van der Waals surface area contributed by atoms with E-state index in [-0.39, 0.29) is 0 Å². The molecular weight excluding hydrogens is 193 g/mol. The minimum absolute atomic E-state index is 0.345. The van der Waals surface area contributed by atoms with Crippen LogP contribution >= 0.6 is 0 Å². The van der Waals surface area contributed by atoms with Gasteiger partial charge in [0.15, 0.2) is 0 Å². The molecule has 15 heavy (non-hydrogen) atoms. The van der Waals surface area contributed by atoms with E-state index in [1.807, 2.05) is 19.9 Å². The molecule has 2 unspecified atom stereocenters. The quantitative estimate of drug-likeness (QED) is 0.834. The van der Waals surface area contributed by atoms with Gasteiger partial charge in [0.2, 0.25) is 0 Å². The third-order valence-corrected chi connectivity index (χ3v) is 2.74. The summed E-state index contributed by atoms with van der Waals surface area (Å²) in [5, 5.41) is 9.93. The van der Waals surface area contributed by atoms with Crippen molar-refractivity contribution in [3.8, 4) is 0 Å². The van der Waals surface area contributed by atoms with E-state index in [0.29, 0.717) is 11.6 Å². The lowest BCUT2D eigenvalue weighted by molar-refractivity contribution is -0.0197. The molecule has 1 aromatic rings. The largest absolute Gasteiger partial charge is 0.381 e. The average Bonchev–Trinajstić information content (AvgIpc) is 2.17. The van der Waals surface area contributed by atoms with Crippen LogP contribution in [-0.2, 0) is 5.60 Å². The minimum atomic E-state index is -1.51. The van der Waals surface area contributed by atoms with E-state index in [2.05, 4.69) is 4.98 Å². The predicted molar refractivity (Wildman–Crippen MR) is 58.5 cm³/mol. The van der Waals surface area contributed by atoms with Crippen molar-refractivity contribution in [2.24, 2.45) is 0 Å². The molecule has 1 aromatic heterocycles. The summed E-state index contributed by atoms with van der Waals surface area (Å²) >= 11 is 0. The van der Waals surface area contributed by atoms with E-state index < -0.39 is 11.8 Å². The van der Waals surface area contributed by atoms with Gasteiger partial charge in [0.1, 0.15) is 11.8 Å². The number of alkyl halides is 1. The van der Waals surface area contributed by atoms with Crippen molar-refractivity contribution < 1.29 is 9.50 Å². The molecule has 0 aromatic carbocycles. The second-order valence-electron chi connectivity index (χ2n) is 4.39. The summed E-state index contributed by atoms with van der Waals surface area (Å²) in [5.41, 5.74) is -0.0603. The molecule has 1 rings (SSSR count). The van der Waals surface area contributed by atoms with E-state index in [1.54, 1.807) is 12.3 Å². The summed E-state index contributed by atoms with van der Waals surface area (Å²) < 4.78 is 13.2. The highest BCUT2D eigenvalue weighted by Crippen LogP contribution is 2.26. The monoisotopic (exact) mass is 211 g/mol. The Hall–Kier alpha value is -0.960. The highest BCUT2D eigenvalue weighted by molar-refractivity contribution is 5.23. The number of nitrogens with zero attached hydrogens (tertiary/aromatic N) is 1. The number of hydrogen-bond acceptors (Lipinski definition) is 2. The van der Waals surface area contributed by atoms with Crippen molar-refractivity contribution in [1.29, 1.82) is 0 Å². The first-order chi connectivity index (χ1) is 6.85. The van der Waals surface area contributed by atoms with Gasteiger partial charge in [0, 0.05) is 6.20 Å². The third-order valence-electron chi connectivity index (χ3n) is 2.74. The SMILES string of the molecule is CC(C)c1ccnc(C(C)(O)C(C)F)c1. The molecule has 0 bridgehead atoms. The topological polar surface area (TPSA) is 33.1 Å². The lowest BCUT2D eigenvalue weighted by atomic mass is 9.93. The molecule has 0 amide bonds. The highest BCUT2D eigenvalue weighted by atomic mass is 19.1. The lowest BCUT2D eigenvalue weighted by Gasteiger charge is -2.24. The van der Waals surface area contributed by atoms with Crippen LogP contribution in [0.25, 0.3) is 0 Å². The van der Waals surface area contributed by atoms with E-state index >= 15 is 0 Å². The van der Waals surface area contributed by atoms with Crippen LogP contribution in [0.1, 0.15) is 44.9 Å². The van der Waals surface area contributed by atoms with Crippen LogP contribution in [0.3, 0.4) is 0 Å². The Morgan fingerprint density at radius 1 is 1.40 bits per heavy atom. The molecule has 0 aliphatic carbocycles. The van der Waals surface area contributed by atoms with Gasteiger partial charge in [-0.25, -0.2) is 4.39 Å². The van der Waals surface area contributed by atoms with Crippen LogP contribution in [-0.4, -0.2) is 16.3 Å². The van der Waals surface area contributed by atoms with Gasteiger partial charge < -0.3 is 5.11 Å². The van der Waals surface area contributed by atoms with Crippen LogP contribution in [0, 0.1) is 0 Å². The van der Waals surface area contributed by atoms with Crippen molar-refractivity contribution in [3.63, 3.8) is 0 Å². The number of halogens is 1. The fraction of sp³-hybridized carbons (Fsp3) is 0.583. The Morgan fingerprint density at radius 3 is 2.47 bits per heavy atom. The van der Waals surface area contributed by atoms with Gasteiger partial charge in [-0.2, -0.15) is 0 Å². The molecule has 0 spiro atoms. The first kappa shape index (κ1) is 12.1. The molecule has 0 radical (unpaired) electrons. The number of pyridine rings is 1. The number of rotatable bonds is 3. The van der Waals surface area contributed by atoms with Crippen molar-refractivity contribution in [2.75, 3.05) is 0 Å². The van der Waals surface area contributed by atoms with Gasteiger partial charge in [-0.1, -0.05) is 13.8 Å². The van der Waals surface area contributed by atoms with E-state index in [4.69, 9.17) is 0 Å². The fourth-order valence-electron chi connectivity index (χ4n) is 1.29. The van der Waals surface area contributed by atoms with Crippen molar-refractivity contribution >= 4 is 0 Å². The fourth-order valence-corrected chi connectivity index (χ4v) is 1.29. The summed E-state index contributed by atoms with van der Waals surface area (Å²) in [6, 6.07) is 3.65. The second kappa shape index (κ2) is 4.27. The maximum absolute atomic E-state index is 13.2. The summed E-state index contributed by atoms with van der Waals surface area (Å²) in [4.78, 5) is 4.02. The van der Waals surface area contributed by atoms with Gasteiger partial charge in [0.25, 0.3) is 0 Å². The van der Waals surface area contributed by atoms with Crippen molar-refractivity contribution in [1.82, 2.24) is 4.98 Å². The lowest BCUT2D eigenvalue weighted by Crippen LogP contribution is -2.32. The Labute approximate surface area is 90.2 Å². The van der Waals surface area contributed by atoms with Crippen LogP contribution in [0.4, 0.5) is 4.39 Å². The predicted octanol–water partition coefficient (Wildman–Crippen LogP) is 2.77. The second-order valence-corrected chi connectivity index (χ2v) is 4.39. The number of aliphatic hydroxyl groups is 1. The van der Waals surface area contributed by atoms with E-state index in [9.17, 15) is 9.50 Å². The van der Waals surface area contributed by atoms with Crippen molar-refractivity contribution in [2.45, 2.75) is 45.4 Å². The van der Waals surface area contributed by atoms with Crippen LogP contribution in [0.2, 0.25) is 0 Å². The van der Waals surface area contributed by atoms with E-state index in [0.717, 1.165) is 5.56 Å². The summed E-state index contributed by atoms with van der Waals surface area (Å²) in [6.07, 6.45) is 0.272. The molecule has 3 heteroatoms. The Balaban J connectivity index is 3.10. The van der Waals surface area contributed by atoms with Gasteiger partial charge in [-0.05, 0) is 37.5 Å². The molecule has 2 atom stereocenters. The zero-order valence-corrected chi connectivity index (χ0v) is 9.66. The van der Waals surface area contributed by atoms with Crippen LogP contribution in [0.5, 0.6) is 0 Å². The number of hydrogen-bond donors (Lipinski definition) is 1. The molecule has 0 aliphatic rings. The minimum Gasteiger partial charge on any atom is -0.381 e. The molecule has 0 saturated carbocycles. The van der Waals surface area contributed by atoms with Crippen LogP contribution < -0.4 is 0 Å². The smallest absolute Gasteiger partial charge is 0.134 e. The summed E-state index contributed by atoms with van der Waals surface area (Å²) in [7, 11) is 0. The zero-order valence-electron chi connectivity index (χ0n) is 9.66. The first-order valence-corrected chi connectivity index (χ1v) is 5.18. The molecule has 0 fully saturated rings. The van der Waals surface area contributed by atoms with Crippen LogP contribution in [0.15, 0.2) is 18.3 Å². The standard InChI is InChI=1S/C12H18FNO/c1-8(2)10-5-6-14-11(7-10)12(4,15)9(3)13/h5-9,15H,1-4H3. The van der Waals surface area contributed by atoms with Gasteiger partial charge in [-0.15, -0.1) is 0 Å². The molecule has 0 saturated heterocycles. The maximum Gasteiger partial charge on any atom is 0.134 e. The summed E-state index contributed by atoms with van der Waals surface area (Å²) in [5.74, 6) is 0.345. The number of aromatic nitrogens is 1. The molecule has 2 nitrogen and oxygen atoms in total. The highest BCUT2D eigenvalue weighted by Gasteiger charge is 2.32. The molecule has 0 aliphatic heterocycles. The molecule has 84 valence electrons. The van der Waals surface area contributed by atoms with E-state index in [1.165, 1.54) is 13.8 Å². The Kier molecular flexibility index (Phi) is 3.45. The Bertz CT molecular complexity index is 334. The molecule has 1 N–H and O–H groups in total. The molecular formula is C12H18FNO. The molecule has 1 heterocycles.